The van der Waals surface area contributed by atoms with Crippen molar-refractivity contribution in [2.24, 2.45) is 0 Å². The summed E-state index contributed by atoms with van der Waals surface area (Å²) in [6.07, 6.45) is 5.88. The number of hydrogen-bond acceptors (Lipinski definition) is 9. The zero-order valence-corrected chi connectivity index (χ0v) is 23.7. The Morgan fingerprint density at radius 3 is 2.62 bits per heavy atom. The molecule has 0 bridgehead atoms. The molecule has 4 aromatic rings. The van der Waals surface area contributed by atoms with Crippen LogP contribution in [0.2, 0.25) is 0 Å². The van der Waals surface area contributed by atoms with E-state index in [0.29, 0.717) is 49.6 Å². The molecule has 2 atom stereocenters. The van der Waals surface area contributed by atoms with E-state index in [4.69, 9.17) is 9.47 Å². The minimum absolute atomic E-state index is 0.191. The van der Waals surface area contributed by atoms with Gasteiger partial charge in [-0.05, 0) is 46.8 Å². The number of nitrogens with one attached hydrogen (secondary N) is 1. The summed E-state index contributed by atoms with van der Waals surface area (Å²) in [5.41, 5.74) is 1.20. The van der Waals surface area contributed by atoms with Gasteiger partial charge >= 0.3 is 0 Å². The zero-order valence-electron chi connectivity index (χ0n) is 23.7. The van der Waals surface area contributed by atoms with E-state index in [1.54, 1.807) is 24.9 Å². The highest BCUT2D eigenvalue weighted by Gasteiger charge is 2.33. The molecule has 1 N–H and O–H groups in total. The fourth-order valence-electron chi connectivity index (χ4n) is 4.89. The van der Waals surface area contributed by atoms with E-state index in [1.807, 2.05) is 51.3 Å². The van der Waals surface area contributed by atoms with Crippen molar-refractivity contribution in [2.45, 2.75) is 50.3 Å². The maximum atomic E-state index is 14.9. The summed E-state index contributed by atoms with van der Waals surface area (Å²) in [5, 5.41) is 12.6. The smallest absolute Gasteiger partial charge is 0.227 e. The van der Waals surface area contributed by atoms with Crippen molar-refractivity contribution in [3.8, 4) is 5.75 Å². The number of alkyl halides is 1. The van der Waals surface area contributed by atoms with Crippen molar-refractivity contribution in [1.29, 1.82) is 0 Å². The van der Waals surface area contributed by atoms with E-state index in [9.17, 15) is 4.39 Å². The number of hydrogen-bond donors (Lipinski definition) is 1. The van der Waals surface area contributed by atoms with Gasteiger partial charge in [-0.2, -0.15) is 4.98 Å². The van der Waals surface area contributed by atoms with Gasteiger partial charge in [-0.1, -0.05) is 19.9 Å². The predicted octanol–water partition coefficient (Wildman–Crippen LogP) is 1.01. The molecule has 1 saturated heterocycles. The number of aromatic nitrogens is 6. The van der Waals surface area contributed by atoms with Crippen LogP contribution in [-0.2, 0) is 11.3 Å². The van der Waals surface area contributed by atoms with Crippen LogP contribution in [0.3, 0.4) is 0 Å². The Labute approximate surface area is 236 Å². The first-order chi connectivity index (χ1) is 19.2. The molecule has 0 aliphatic carbocycles. The van der Waals surface area contributed by atoms with E-state index >= 15 is 0 Å². The van der Waals surface area contributed by atoms with Crippen LogP contribution in [0.1, 0.15) is 31.7 Å². The molecule has 1 aliphatic rings. The lowest BCUT2D eigenvalue weighted by atomic mass is 9.52. The SMILES string of the molecule is BC(B)(B)OC1CCN(c2nccc(Nc3cc4c(C(C)C)ccc(OCCn5cnnc5)c4cn3)n2)CC1F. The number of fused-ring (bicyclic) bond motifs is 1. The summed E-state index contributed by atoms with van der Waals surface area (Å²) < 4.78 is 28.8. The van der Waals surface area contributed by atoms with Crippen LogP contribution in [0.15, 0.2) is 49.3 Å². The van der Waals surface area contributed by atoms with Gasteiger partial charge in [0.2, 0.25) is 5.95 Å². The van der Waals surface area contributed by atoms with Crippen LogP contribution >= 0.6 is 0 Å². The molecule has 1 fully saturated rings. The molecule has 1 aliphatic heterocycles. The summed E-state index contributed by atoms with van der Waals surface area (Å²) >= 11 is 0. The number of nitrogens with zero attached hydrogens (tertiary/aromatic N) is 7. The normalized spacial score (nSPS) is 17.9. The van der Waals surface area contributed by atoms with E-state index in [2.05, 4.69) is 50.4 Å². The summed E-state index contributed by atoms with van der Waals surface area (Å²) in [6.45, 7) is 6.27. The third-order valence-corrected chi connectivity index (χ3v) is 6.76. The fourth-order valence-corrected chi connectivity index (χ4v) is 4.89. The summed E-state index contributed by atoms with van der Waals surface area (Å²) in [5.74, 6) is 2.81. The second kappa shape index (κ2) is 11.8. The molecular formula is C26H34B3FN8O2. The quantitative estimate of drug-likeness (QED) is 0.295. The van der Waals surface area contributed by atoms with Gasteiger partial charge in [0.05, 0.1) is 19.2 Å². The zero-order chi connectivity index (χ0) is 28.3. The fraction of sp³-hybridized carbons (Fsp3) is 0.423. The molecule has 40 heavy (non-hydrogen) atoms. The second-order valence-electron chi connectivity index (χ2n) is 11.4. The molecule has 10 nitrogen and oxygen atoms in total. The minimum Gasteiger partial charge on any atom is -0.491 e. The molecule has 1 aromatic carbocycles. The molecule has 0 amide bonds. The van der Waals surface area contributed by atoms with Gasteiger partial charge in [0, 0.05) is 24.3 Å². The Hall–Kier alpha value is -3.67. The van der Waals surface area contributed by atoms with Crippen molar-refractivity contribution in [1.82, 2.24) is 29.7 Å². The first kappa shape index (κ1) is 27.9. The highest BCUT2D eigenvalue weighted by atomic mass is 19.1. The lowest BCUT2D eigenvalue weighted by Gasteiger charge is -2.38. The molecule has 2 unspecified atom stereocenters. The van der Waals surface area contributed by atoms with Crippen LogP contribution in [0.25, 0.3) is 10.8 Å². The maximum Gasteiger partial charge on any atom is 0.227 e. The predicted molar refractivity (Wildman–Crippen MR) is 162 cm³/mol. The van der Waals surface area contributed by atoms with E-state index < -0.39 is 12.3 Å². The van der Waals surface area contributed by atoms with Crippen LogP contribution in [-0.4, -0.2) is 90.5 Å². The Morgan fingerprint density at radius 2 is 1.90 bits per heavy atom. The van der Waals surface area contributed by atoms with Crippen molar-refractivity contribution >= 4 is 51.9 Å². The van der Waals surface area contributed by atoms with E-state index in [0.717, 1.165) is 16.5 Å². The number of halogens is 1. The topological polar surface area (TPSA) is 103 Å². The van der Waals surface area contributed by atoms with E-state index in [-0.39, 0.29) is 11.8 Å². The van der Waals surface area contributed by atoms with Crippen LogP contribution in [0, 0.1) is 0 Å². The summed E-state index contributed by atoms with van der Waals surface area (Å²) in [6, 6.07) is 7.91. The van der Waals surface area contributed by atoms with Crippen molar-refractivity contribution in [3.05, 3.63) is 54.9 Å². The average molecular weight is 542 g/mol. The molecule has 5 rings (SSSR count). The van der Waals surface area contributed by atoms with Crippen molar-refractivity contribution in [2.75, 3.05) is 29.9 Å². The molecular weight excluding hydrogens is 508 g/mol. The average Bonchev–Trinajstić information content (AvgIpc) is 3.43. The third-order valence-electron chi connectivity index (χ3n) is 6.76. The molecule has 206 valence electrons. The standard InChI is InChI=1S/C26H34B3FN8O2/c1-16(2)17-3-4-21(39-10-9-37-14-33-34-15-37)19-12-32-24(11-18(17)19)35-23-5-7-31-25(36-23)38-8-6-22(20(30)13-38)40-26(27,28)29/h3-5,7,11-12,14-16,20,22H,6,8-10,13,27-29H2,1-2H3,(H,31,32,35,36). The van der Waals surface area contributed by atoms with Crippen LogP contribution < -0.4 is 15.0 Å². The molecule has 4 heterocycles. The Balaban J connectivity index is 1.32. The van der Waals surface area contributed by atoms with Gasteiger partial charge in [0.15, 0.2) is 0 Å². The Morgan fingerprint density at radius 1 is 1.10 bits per heavy atom. The molecule has 0 radical (unpaired) electrons. The minimum atomic E-state index is -1.11. The first-order valence-corrected chi connectivity index (χ1v) is 13.7. The highest BCUT2D eigenvalue weighted by molar-refractivity contribution is 6.58. The van der Waals surface area contributed by atoms with Gasteiger partial charge in [0.25, 0.3) is 0 Å². The largest absolute Gasteiger partial charge is 0.491 e. The van der Waals surface area contributed by atoms with Gasteiger partial charge in [-0.25, -0.2) is 14.4 Å². The molecule has 0 spiro atoms. The van der Waals surface area contributed by atoms with Crippen LogP contribution in [0.5, 0.6) is 5.75 Å². The summed E-state index contributed by atoms with van der Waals surface area (Å²) in [4.78, 5) is 15.6. The van der Waals surface area contributed by atoms with Crippen molar-refractivity contribution < 1.29 is 13.9 Å². The maximum absolute atomic E-state index is 14.9. The first-order valence-electron chi connectivity index (χ1n) is 13.7. The molecule has 0 saturated carbocycles. The third kappa shape index (κ3) is 6.72. The number of pyridine rings is 1. The number of anilines is 3. The summed E-state index contributed by atoms with van der Waals surface area (Å²) in [7, 11) is 5.85. The van der Waals surface area contributed by atoms with Crippen LogP contribution in [0.4, 0.5) is 22.0 Å². The van der Waals surface area contributed by atoms with Crippen molar-refractivity contribution in [3.63, 3.8) is 0 Å². The lowest BCUT2D eigenvalue weighted by molar-refractivity contribution is -0.0185. The number of rotatable bonds is 10. The van der Waals surface area contributed by atoms with Gasteiger partial charge in [-0.3, -0.25) is 0 Å². The van der Waals surface area contributed by atoms with Gasteiger partial charge in [-0.15, -0.1) is 10.2 Å². The Kier molecular flexibility index (Phi) is 8.25. The van der Waals surface area contributed by atoms with Gasteiger partial charge in [0.1, 0.15) is 66.4 Å². The number of piperidine rings is 1. The number of ether oxygens (including phenoxy) is 2. The lowest BCUT2D eigenvalue weighted by Crippen LogP contribution is -2.50. The second-order valence-corrected chi connectivity index (χ2v) is 11.4. The molecule has 3 aromatic heterocycles. The highest BCUT2D eigenvalue weighted by Crippen LogP contribution is 2.34. The molecule has 14 heteroatoms. The Bertz CT molecular complexity index is 1440. The van der Waals surface area contributed by atoms with Gasteiger partial charge < -0.3 is 24.3 Å². The van der Waals surface area contributed by atoms with E-state index in [1.165, 1.54) is 5.56 Å². The number of benzene rings is 1. The monoisotopic (exact) mass is 542 g/mol.